The normalized spacial score (nSPS) is 20.1. The number of fused-ring (bicyclic) bond motifs is 8. The Morgan fingerprint density at radius 2 is 0.848 bits per heavy atom. The molecule has 0 amide bonds. The maximum absolute atomic E-state index is 2.52. The molecule has 0 nitrogen and oxygen atoms in total. The van der Waals surface area contributed by atoms with Crippen LogP contribution in [0.15, 0.2) is 133 Å². The first-order valence-electron chi connectivity index (χ1n) is 16.5. The van der Waals surface area contributed by atoms with Gasteiger partial charge < -0.3 is 0 Å². The van der Waals surface area contributed by atoms with E-state index in [-0.39, 0.29) is 0 Å². The fraction of sp³-hybridized carbons (Fsp3) is 0.0870. The maximum Gasteiger partial charge on any atom is 0.0729 e. The molecule has 0 aromatic heterocycles. The molecule has 0 radical (unpaired) electrons. The van der Waals surface area contributed by atoms with Crippen molar-refractivity contribution in [3.05, 3.63) is 189 Å². The van der Waals surface area contributed by atoms with Crippen molar-refractivity contribution >= 4 is 32.3 Å². The van der Waals surface area contributed by atoms with Crippen LogP contribution in [0, 0.1) is 13.8 Å². The molecule has 212 valence electrons. The molecule has 0 heteroatoms. The molecule has 13 rings (SSSR count). The van der Waals surface area contributed by atoms with Gasteiger partial charge in [0.25, 0.3) is 0 Å². The average Bonchev–Trinajstić information content (AvgIpc) is 3.42. The predicted octanol–water partition coefficient (Wildman–Crippen LogP) is 11.1. The van der Waals surface area contributed by atoms with Crippen LogP contribution < -0.4 is 0 Å². The Bertz CT molecular complexity index is 2700. The molecule has 0 unspecified atom stereocenters. The van der Waals surface area contributed by atoms with E-state index in [0.717, 1.165) is 0 Å². The van der Waals surface area contributed by atoms with E-state index in [2.05, 4.69) is 147 Å². The van der Waals surface area contributed by atoms with E-state index >= 15 is 0 Å². The van der Waals surface area contributed by atoms with E-state index < -0.39 is 10.8 Å². The van der Waals surface area contributed by atoms with Gasteiger partial charge in [-0.15, -0.1) is 0 Å². The lowest BCUT2D eigenvalue weighted by molar-refractivity contribution is 0.572. The fourth-order valence-electron chi connectivity index (χ4n) is 10.9. The Kier molecular flexibility index (Phi) is 3.89. The van der Waals surface area contributed by atoms with E-state index in [1.165, 1.54) is 110 Å². The monoisotopic (exact) mass is 580 g/mol. The van der Waals surface area contributed by atoms with Crippen LogP contribution in [0.3, 0.4) is 0 Å². The summed E-state index contributed by atoms with van der Waals surface area (Å²) in [5, 5.41) is 8.24. The Hall–Kier alpha value is -5.46. The van der Waals surface area contributed by atoms with Crippen molar-refractivity contribution in [2.45, 2.75) is 24.7 Å². The first-order valence-corrected chi connectivity index (χ1v) is 16.5. The van der Waals surface area contributed by atoms with Gasteiger partial charge in [-0.2, -0.15) is 0 Å². The second-order valence-electron chi connectivity index (χ2n) is 14.0. The molecule has 2 spiro atoms. The van der Waals surface area contributed by atoms with Gasteiger partial charge in [0.05, 0.1) is 10.8 Å². The third kappa shape index (κ3) is 2.19. The second-order valence-corrected chi connectivity index (χ2v) is 14.0. The van der Waals surface area contributed by atoms with Crippen molar-refractivity contribution < 1.29 is 0 Å². The number of hydrogen-bond acceptors (Lipinski definition) is 0. The smallest absolute Gasteiger partial charge is 0.0619 e. The Morgan fingerprint density at radius 1 is 0.348 bits per heavy atom. The second kappa shape index (κ2) is 7.49. The zero-order valence-electron chi connectivity index (χ0n) is 25.7. The summed E-state index contributed by atoms with van der Waals surface area (Å²) >= 11 is 0. The van der Waals surface area contributed by atoms with Gasteiger partial charge in [0.2, 0.25) is 0 Å². The van der Waals surface area contributed by atoms with E-state index in [1.807, 2.05) is 0 Å². The third-order valence-corrected chi connectivity index (χ3v) is 12.3. The summed E-state index contributed by atoms with van der Waals surface area (Å²) in [6.07, 6.45) is 0. The number of rotatable bonds is 0. The van der Waals surface area contributed by atoms with E-state index in [1.54, 1.807) is 0 Å². The molecule has 0 fully saturated rings. The highest BCUT2D eigenvalue weighted by Crippen LogP contribution is 2.75. The highest BCUT2D eigenvalue weighted by atomic mass is 14.7. The predicted molar refractivity (Wildman–Crippen MR) is 190 cm³/mol. The fourth-order valence-corrected chi connectivity index (χ4v) is 10.9. The molecule has 0 aliphatic heterocycles. The molecule has 5 aliphatic rings. The van der Waals surface area contributed by atoms with Crippen molar-refractivity contribution in [3.8, 4) is 22.3 Å². The van der Waals surface area contributed by atoms with Gasteiger partial charge >= 0.3 is 0 Å². The molecule has 0 atom stereocenters. The van der Waals surface area contributed by atoms with Crippen LogP contribution in [-0.2, 0) is 10.8 Å². The molecular formula is C46H28. The Morgan fingerprint density at radius 3 is 1.52 bits per heavy atom. The molecule has 0 saturated heterocycles. The summed E-state index contributed by atoms with van der Waals surface area (Å²) in [4.78, 5) is 0. The van der Waals surface area contributed by atoms with Crippen LogP contribution in [0.25, 0.3) is 54.6 Å². The van der Waals surface area contributed by atoms with Gasteiger partial charge in [-0.05, 0) is 124 Å². The van der Waals surface area contributed by atoms with E-state index in [4.69, 9.17) is 0 Å². The molecule has 0 saturated carbocycles. The summed E-state index contributed by atoms with van der Waals surface area (Å²) in [6.45, 7) is 4.57. The average molecular weight is 581 g/mol. The van der Waals surface area contributed by atoms with Crippen LogP contribution in [-0.4, -0.2) is 0 Å². The lowest BCUT2D eigenvalue weighted by Gasteiger charge is -2.58. The largest absolute Gasteiger partial charge is 0.0729 e. The molecule has 0 heterocycles. The van der Waals surface area contributed by atoms with Crippen molar-refractivity contribution in [3.63, 3.8) is 0 Å². The highest BCUT2D eigenvalue weighted by molar-refractivity contribution is 6.21. The van der Waals surface area contributed by atoms with Crippen LogP contribution in [0.5, 0.6) is 0 Å². The van der Waals surface area contributed by atoms with Crippen LogP contribution in [0.1, 0.15) is 55.6 Å². The van der Waals surface area contributed by atoms with Gasteiger partial charge in [0.15, 0.2) is 0 Å². The minimum atomic E-state index is -0.411. The quantitative estimate of drug-likeness (QED) is 0.167. The zero-order chi connectivity index (χ0) is 30.1. The molecule has 5 aliphatic carbocycles. The van der Waals surface area contributed by atoms with Crippen molar-refractivity contribution in [2.24, 2.45) is 0 Å². The Labute approximate surface area is 267 Å². The van der Waals surface area contributed by atoms with Crippen LogP contribution in [0.2, 0.25) is 0 Å². The molecule has 2 bridgehead atoms. The molecule has 8 aromatic rings. The molecule has 8 aromatic carbocycles. The van der Waals surface area contributed by atoms with Gasteiger partial charge in [-0.25, -0.2) is 0 Å². The first-order chi connectivity index (χ1) is 22.7. The van der Waals surface area contributed by atoms with Crippen molar-refractivity contribution in [1.82, 2.24) is 0 Å². The Balaban J connectivity index is 1.49. The van der Waals surface area contributed by atoms with Crippen LogP contribution in [0.4, 0.5) is 0 Å². The maximum atomic E-state index is 2.52. The van der Waals surface area contributed by atoms with E-state index in [0.29, 0.717) is 0 Å². The van der Waals surface area contributed by atoms with E-state index in [9.17, 15) is 0 Å². The molecule has 46 heavy (non-hydrogen) atoms. The molecular weight excluding hydrogens is 553 g/mol. The summed E-state index contributed by atoms with van der Waals surface area (Å²) < 4.78 is 0. The van der Waals surface area contributed by atoms with Gasteiger partial charge in [-0.3, -0.25) is 0 Å². The topological polar surface area (TPSA) is 0 Å². The van der Waals surface area contributed by atoms with Crippen molar-refractivity contribution in [2.75, 3.05) is 0 Å². The zero-order valence-corrected chi connectivity index (χ0v) is 25.7. The van der Waals surface area contributed by atoms with Crippen LogP contribution >= 0.6 is 0 Å². The summed E-state index contributed by atoms with van der Waals surface area (Å²) in [6, 6.07) is 51.8. The minimum absolute atomic E-state index is 0.406. The summed E-state index contributed by atoms with van der Waals surface area (Å²) in [5.41, 5.74) is 19.2. The standard InChI is InChI=1S/C46H28/c1-25-22-23-32-39-28(25)16-11-21-38(39)45-34-17-7-9-19-36(34)46(37-20-10-8-18-35(37)45)42-31-15-6-3-12-27(31)26(2)24-33(42)41-30-14-5-4-13-29(30)40(32)43(45)44(41)46/h3-24H,1-2H3. The molecule has 0 N–H and O–H groups in total. The van der Waals surface area contributed by atoms with Gasteiger partial charge in [0, 0.05) is 0 Å². The lowest BCUT2D eigenvalue weighted by atomic mass is 9.43. The van der Waals surface area contributed by atoms with Gasteiger partial charge in [0.1, 0.15) is 0 Å². The van der Waals surface area contributed by atoms with Gasteiger partial charge in [-0.1, -0.05) is 133 Å². The SMILES string of the molecule is Cc1cc2c(c3ccccc13)C13c4ccccc4C4(c5ccccc51)c1c3c-2c2ccccc2c1-c1ccc(C)c2cccc4c12. The first kappa shape index (κ1) is 23.9. The van der Waals surface area contributed by atoms with Crippen molar-refractivity contribution in [1.29, 1.82) is 0 Å². The minimum Gasteiger partial charge on any atom is -0.0619 e. The third-order valence-electron chi connectivity index (χ3n) is 12.3. The summed E-state index contributed by atoms with van der Waals surface area (Å²) in [7, 11) is 0. The number of hydrogen-bond donors (Lipinski definition) is 0. The highest BCUT2D eigenvalue weighted by Gasteiger charge is 2.65. The lowest BCUT2D eigenvalue weighted by Crippen LogP contribution is -2.52. The summed E-state index contributed by atoms with van der Waals surface area (Å²) in [5.74, 6) is 0. The number of benzene rings is 8. The number of aryl methyl sites for hydroxylation is 2.